The van der Waals surface area contributed by atoms with Crippen LogP contribution in [0.3, 0.4) is 0 Å². The van der Waals surface area contributed by atoms with E-state index in [0.29, 0.717) is 12.2 Å². The highest BCUT2D eigenvalue weighted by atomic mass is 35.5. The maximum absolute atomic E-state index is 12.4. The summed E-state index contributed by atoms with van der Waals surface area (Å²) in [6, 6.07) is 6.51. The lowest BCUT2D eigenvalue weighted by atomic mass is 10.4. The molecule has 0 fully saturated rings. The molecular formula is C13H15ClN4O2S. The molecule has 0 bridgehead atoms. The molecule has 0 aromatic carbocycles. The highest BCUT2D eigenvalue weighted by Gasteiger charge is 2.21. The van der Waals surface area contributed by atoms with Crippen molar-refractivity contribution < 1.29 is 8.42 Å². The first kappa shape index (κ1) is 15.5. The van der Waals surface area contributed by atoms with Gasteiger partial charge in [-0.05, 0) is 30.7 Å². The Morgan fingerprint density at radius 1 is 1.19 bits per heavy atom. The molecule has 112 valence electrons. The van der Waals surface area contributed by atoms with Gasteiger partial charge < -0.3 is 5.32 Å². The molecule has 0 radical (unpaired) electrons. The van der Waals surface area contributed by atoms with E-state index in [-0.39, 0.29) is 15.9 Å². The van der Waals surface area contributed by atoms with E-state index in [0.717, 1.165) is 6.42 Å². The maximum atomic E-state index is 12.4. The van der Waals surface area contributed by atoms with Gasteiger partial charge in [0.15, 0.2) is 10.8 Å². The molecule has 2 heterocycles. The predicted octanol–water partition coefficient (Wildman–Crippen LogP) is 2.75. The topological polar surface area (TPSA) is 84.0 Å². The summed E-state index contributed by atoms with van der Waals surface area (Å²) in [7, 11) is -3.87. The van der Waals surface area contributed by atoms with E-state index < -0.39 is 10.0 Å². The van der Waals surface area contributed by atoms with Crippen LogP contribution in [-0.2, 0) is 10.0 Å². The van der Waals surface area contributed by atoms with E-state index in [2.05, 4.69) is 20.0 Å². The SMILES string of the molecule is CCCNc1cccnc1S(=O)(=O)Nc1ncccc1Cl. The zero-order chi connectivity index (χ0) is 15.3. The Balaban J connectivity index is 2.34. The number of rotatable bonds is 6. The molecule has 2 aromatic heterocycles. The second-order valence-electron chi connectivity index (χ2n) is 4.22. The van der Waals surface area contributed by atoms with E-state index in [9.17, 15) is 8.42 Å². The van der Waals surface area contributed by atoms with Crippen molar-refractivity contribution in [3.8, 4) is 0 Å². The van der Waals surface area contributed by atoms with Gasteiger partial charge in [0.2, 0.25) is 0 Å². The minimum Gasteiger partial charge on any atom is -0.383 e. The van der Waals surface area contributed by atoms with Gasteiger partial charge in [-0.2, -0.15) is 8.42 Å². The lowest BCUT2D eigenvalue weighted by Crippen LogP contribution is -2.18. The van der Waals surface area contributed by atoms with Gasteiger partial charge in [0.25, 0.3) is 10.0 Å². The van der Waals surface area contributed by atoms with Crippen molar-refractivity contribution in [1.82, 2.24) is 9.97 Å². The molecule has 0 atom stereocenters. The number of sulfonamides is 1. The Labute approximate surface area is 128 Å². The second-order valence-corrected chi connectivity index (χ2v) is 6.23. The van der Waals surface area contributed by atoms with Crippen LogP contribution in [0.1, 0.15) is 13.3 Å². The van der Waals surface area contributed by atoms with Gasteiger partial charge in [-0.3, -0.25) is 4.72 Å². The molecule has 0 saturated heterocycles. The molecule has 6 nitrogen and oxygen atoms in total. The van der Waals surface area contributed by atoms with Crippen molar-refractivity contribution in [3.63, 3.8) is 0 Å². The lowest BCUT2D eigenvalue weighted by Gasteiger charge is -2.12. The fourth-order valence-corrected chi connectivity index (χ4v) is 3.00. The van der Waals surface area contributed by atoms with Gasteiger partial charge in [0, 0.05) is 18.9 Å². The van der Waals surface area contributed by atoms with E-state index >= 15 is 0 Å². The normalized spacial score (nSPS) is 11.1. The number of halogens is 1. The first-order valence-corrected chi connectivity index (χ1v) is 8.23. The van der Waals surface area contributed by atoms with Crippen LogP contribution in [0.4, 0.5) is 11.5 Å². The predicted molar refractivity (Wildman–Crippen MR) is 83.1 cm³/mol. The van der Waals surface area contributed by atoms with Gasteiger partial charge in [-0.1, -0.05) is 18.5 Å². The quantitative estimate of drug-likeness (QED) is 0.852. The number of pyridine rings is 2. The highest BCUT2D eigenvalue weighted by molar-refractivity contribution is 7.92. The highest BCUT2D eigenvalue weighted by Crippen LogP contribution is 2.24. The summed E-state index contributed by atoms with van der Waals surface area (Å²) in [6.07, 6.45) is 3.75. The molecule has 0 saturated carbocycles. The van der Waals surface area contributed by atoms with Crippen molar-refractivity contribution in [2.24, 2.45) is 0 Å². The monoisotopic (exact) mass is 326 g/mol. The number of hydrogen-bond donors (Lipinski definition) is 2. The summed E-state index contributed by atoms with van der Waals surface area (Å²) in [5.74, 6) is 0.0752. The fraction of sp³-hybridized carbons (Fsp3) is 0.231. The Hall–Kier alpha value is -1.86. The minimum absolute atomic E-state index is 0.0752. The molecule has 0 unspecified atom stereocenters. The van der Waals surface area contributed by atoms with Crippen molar-refractivity contribution in [3.05, 3.63) is 41.7 Å². The molecule has 0 aliphatic heterocycles. The first-order valence-electron chi connectivity index (χ1n) is 6.37. The van der Waals surface area contributed by atoms with Gasteiger partial charge in [-0.25, -0.2) is 9.97 Å². The molecule has 0 aliphatic rings. The molecule has 0 amide bonds. The average molecular weight is 327 g/mol. The van der Waals surface area contributed by atoms with E-state index in [1.54, 1.807) is 24.3 Å². The molecule has 0 aliphatic carbocycles. The smallest absolute Gasteiger partial charge is 0.282 e. The van der Waals surface area contributed by atoms with Crippen LogP contribution in [0.25, 0.3) is 0 Å². The van der Waals surface area contributed by atoms with Crippen LogP contribution in [0.15, 0.2) is 41.7 Å². The number of hydrogen-bond acceptors (Lipinski definition) is 5. The molecule has 2 aromatic rings. The molecule has 21 heavy (non-hydrogen) atoms. The van der Waals surface area contributed by atoms with Crippen LogP contribution in [-0.4, -0.2) is 24.9 Å². The van der Waals surface area contributed by atoms with Crippen LogP contribution < -0.4 is 10.0 Å². The molecule has 8 heteroatoms. The second kappa shape index (κ2) is 6.73. The Morgan fingerprint density at radius 2 is 1.90 bits per heavy atom. The van der Waals surface area contributed by atoms with Gasteiger partial charge in [-0.15, -0.1) is 0 Å². The van der Waals surface area contributed by atoms with Crippen molar-refractivity contribution in [2.45, 2.75) is 18.4 Å². The number of anilines is 2. The van der Waals surface area contributed by atoms with Crippen molar-refractivity contribution >= 4 is 33.1 Å². The van der Waals surface area contributed by atoms with Crippen LogP contribution in [0.2, 0.25) is 5.02 Å². The molecule has 0 spiro atoms. The summed E-state index contributed by atoms with van der Waals surface area (Å²) < 4.78 is 27.2. The first-order chi connectivity index (χ1) is 10.0. The number of aromatic nitrogens is 2. The maximum Gasteiger partial charge on any atom is 0.282 e. The zero-order valence-corrected chi connectivity index (χ0v) is 12.9. The standard InChI is InChI=1S/C13H15ClN4O2S/c1-2-7-15-11-6-4-9-17-13(11)21(19,20)18-12-10(14)5-3-8-16-12/h3-6,8-9,15H,2,7H2,1H3,(H,16,18). The van der Waals surface area contributed by atoms with E-state index in [1.807, 2.05) is 6.92 Å². The number of nitrogens with one attached hydrogen (secondary N) is 2. The average Bonchev–Trinajstić information content (AvgIpc) is 2.47. The van der Waals surface area contributed by atoms with E-state index in [1.165, 1.54) is 12.4 Å². The molecule has 2 N–H and O–H groups in total. The van der Waals surface area contributed by atoms with E-state index in [4.69, 9.17) is 11.6 Å². The fourth-order valence-electron chi connectivity index (χ4n) is 1.64. The van der Waals surface area contributed by atoms with Crippen LogP contribution >= 0.6 is 11.6 Å². The summed E-state index contributed by atoms with van der Waals surface area (Å²) in [5, 5.41) is 3.17. The van der Waals surface area contributed by atoms with Crippen LogP contribution in [0.5, 0.6) is 0 Å². The van der Waals surface area contributed by atoms with Gasteiger partial charge >= 0.3 is 0 Å². The largest absolute Gasteiger partial charge is 0.383 e. The Bertz CT molecular complexity index is 722. The zero-order valence-electron chi connectivity index (χ0n) is 11.4. The summed E-state index contributed by atoms with van der Waals surface area (Å²) >= 11 is 5.92. The molecular weight excluding hydrogens is 312 g/mol. The summed E-state index contributed by atoms with van der Waals surface area (Å²) in [6.45, 7) is 2.64. The third-order valence-corrected chi connectivity index (χ3v) is 4.18. The molecule has 2 rings (SSSR count). The Morgan fingerprint density at radius 3 is 2.62 bits per heavy atom. The Kier molecular flexibility index (Phi) is 4.98. The summed E-state index contributed by atoms with van der Waals surface area (Å²) in [4.78, 5) is 7.86. The van der Waals surface area contributed by atoms with Crippen LogP contribution in [0, 0.1) is 0 Å². The minimum atomic E-state index is -3.87. The van der Waals surface area contributed by atoms with Gasteiger partial charge in [0.1, 0.15) is 0 Å². The third kappa shape index (κ3) is 3.83. The summed E-state index contributed by atoms with van der Waals surface area (Å²) in [5.41, 5.74) is 0.443. The van der Waals surface area contributed by atoms with Crippen molar-refractivity contribution in [2.75, 3.05) is 16.6 Å². The van der Waals surface area contributed by atoms with Gasteiger partial charge in [0.05, 0.1) is 10.7 Å². The van der Waals surface area contributed by atoms with Crippen molar-refractivity contribution in [1.29, 1.82) is 0 Å². The number of nitrogens with zero attached hydrogens (tertiary/aromatic N) is 2. The lowest BCUT2D eigenvalue weighted by molar-refractivity contribution is 0.597. The third-order valence-electron chi connectivity index (χ3n) is 2.58.